The maximum Gasteiger partial charge on any atom is -0.00845 e. The van der Waals surface area contributed by atoms with E-state index in [4.69, 9.17) is 0 Å². The molecule has 0 spiro atoms. The molecule has 0 aromatic heterocycles. The zero-order valence-electron chi connectivity index (χ0n) is 7.80. The fraction of sp³-hybridized carbons (Fsp3) is 0.455. The monoisotopic (exact) mass is 150 g/mol. The Bertz CT molecular complexity index is 157. The second-order valence-corrected chi connectivity index (χ2v) is 3.04. The lowest BCUT2D eigenvalue weighted by Gasteiger charge is -1.93. The van der Waals surface area contributed by atoms with Crippen LogP contribution in [0, 0.1) is 5.92 Å². The molecular formula is C11H18. The molecule has 0 aliphatic heterocycles. The quantitative estimate of drug-likeness (QED) is 0.536. The van der Waals surface area contributed by atoms with Gasteiger partial charge in [0.1, 0.15) is 0 Å². The first-order valence-corrected chi connectivity index (χ1v) is 4.09. The van der Waals surface area contributed by atoms with E-state index in [2.05, 4.69) is 45.6 Å². The molecule has 0 aliphatic carbocycles. The van der Waals surface area contributed by atoms with Crippen LogP contribution in [0.1, 0.15) is 27.2 Å². The van der Waals surface area contributed by atoms with Crippen LogP contribution in [0.25, 0.3) is 0 Å². The van der Waals surface area contributed by atoms with Crippen molar-refractivity contribution in [3.63, 3.8) is 0 Å². The van der Waals surface area contributed by atoms with Crippen molar-refractivity contribution in [3.05, 3.63) is 36.5 Å². The highest BCUT2D eigenvalue weighted by Crippen LogP contribution is 2.00. The van der Waals surface area contributed by atoms with Gasteiger partial charge in [0.15, 0.2) is 0 Å². The van der Waals surface area contributed by atoms with Crippen molar-refractivity contribution in [2.45, 2.75) is 27.2 Å². The van der Waals surface area contributed by atoms with Gasteiger partial charge in [-0.15, -0.1) is 6.58 Å². The van der Waals surface area contributed by atoms with E-state index in [0.29, 0.717) is 5.92 Å². The highest BCUT2D eigenvalue weighted by molar-refractivity contribution is 5.02. The Morgan fingerprint density at radius 2 is 2.09 bits per heavy atom. The molecule has 0 aliphatic rings. The molecular weight excluding hydrogens is 132 g/mol. The largest absolute Gasteiger partial charge is 0.102 e. The number of hydrogen-bond acceptors (Lipinski definition) is 0. The first-order valence-electron chi connectivity index (χ1n) is 4.09. The molecule has 0 radical (unpaired) electrons. The van der Waals surface area contributed by atoms with E-state index >= 15 is 0 Å². The fourth-order valence-corrected chi connectivity index (χ4v) is 0.676. The molecule has 0 bridgehead atoms. The summed E-state index contributed by atoms with van der Waals surface area (Å²) in [5.41, 5.74) is 1.38. The number of hydrogen-bond donors (Lipinski definition) is 0. The summed E-state index contributed by atoms with van der Waals surface area (Å²) in [6.45, 7) is 10.1. The molecule has 0 aromatic rings. The Morgan fingerprint density at radius 3 is 2.55 bits per heavy atom. The lowest BCUT2D eigenvalue weighted by molar-refractivity contribution is 0.937. The first kappa shape index (κ1) is 10.2. The molecule has 0 fully saturated rings. The molecule has 0 heterocycles. The van der Waals surface area contributed by atoms with Crippen molar-refractivity contribution in [1.82, 2.24) is 0 Å². The topological polar surface area (TPSA) is 0 Å². The molecule has 62 valence electrons. The average Bonchev–Trinajstić information content (AvgIpc) is 1.97. The van der Waals surface area contributed by atoms with E-state index in [9.17, 15) is 0 Å². The molecule has 11 heavy (non-hydrogen) atoms. The van der Waals surface area contributed by atoms with Crippen molar-refractivity contribution in [2.24, 2.45) is 5.92 Å². The molecule has 0 saturated carbocycles. The summed E-state index contributed by atoms with van der Waals surface area (Å²) >= 11 is 0. The van der Waals surface area contributed by atoms with Crippen LogP contribution in [-0.2, 0) is 0 Å². The van der Waals surface area contributed by atoms with Crippen molar-refractivity contribution in [3.8, 4) is 0 Å². The minimum absolute atomic E-state index is 0.501. The zero-order valence-corrected chi connectivity index (χ0v) is 7.80. The standard InChI is InChI=1S/C11H18/c1-5-11(4)9-7-6-8-10(2)3/h5,7-9,11H,1,6H2,2-4H3/b9-7+. The van der Waals surface area contributed by atoms with Crippen LogP contribution in [0.5, 0.6) is 0 Å². The Balaban J connectivity index is 3.60. The van der Waals surface area contributed by atoms with Crippen LogP contribution in [0.2, 0.25) is 0 Å². The van der Waals surface area contributed by atoms with Crippen LogP contribution < -0.4 is 0 Å². The minimum atomic E-state index is 0.501. The fourth-order valence-electron chi connectivity index (χ4n) is 0.676. The van der Waals surface area contributed by atoms with Gasteiger partial charge in [0.25, 0.3) is 0 Å². The van der Waals surface area contributed by atoms with E-state index in [-0.39, 0.29) is 0 Å². The molecule has 1 unspecified atom stereocenters. The average molecular weight is 150 g/mol. The van der Waals surface area contributed by atoms with Gasteiger partial charge in [0.2, 0.25) is 0 Å². The first-order chi connectivity index (χ1) is 5.16. The van der Waals surface area contributed by atoms with Gasteiger partial charge in [-0.3, -0.25) is 0 Å². The normalized spacial score (nSPS) is 13.0. The molecule has 0 amide bonds. The van der Waals surface area contributed by atoms with Gasteiger partial charge in [-0.25, -0.2) is 0 Å². The smallest absolute Gasteiger partial charge is 0.00845 e. The second-order valence-electron chi connectivity index (χ2n) is 3.04. The van der Waals surface area contributed by atoms with E-state index in [1.165, 1.54) is 5.57 Å². The maximum absolute atomic E-state index is 3.71. The van der Waals surface area contributed by atoms with Gasteiger partial charge in [-0.1, -0.05) is 36.8 Å². The number of rotatable bonds is 4. The zero-order chi connectivity index (χ0) is 8.69. The van der Waals surface area contributed by atoms with Crippen LogP contribution in [0.3, 0.4) is 0 Å². The van der Waals surface area contributed by atoms with Crippen LogP contribution in [0.15, 0.2) is 36.5 Å². The summed E-state index contributed by atoms with van der Waals surface area (Å²) in [5, 5.41) is 0. The summed E-state index contributed by atoms with van der Waals surface area (Å²) in [6, 6.07) is 0. The van der Waals surface area contributed by atoms with E-state index in [1.54, 1.807) is 0 Å². The Labute approximate surface area is 70.3 Å². The van der Waals surface area contributed by atoms with Crippen molar-refractivity contribution < 1.29 is 0 Å². The Morgan fingerprint density at radius 1 is 1.45 bits per heavy atom. The Hall–Kier alpha value is -0.780. The van der Waals surface area contributed by atoms with E-state index < -0.39 is 0 Å². The molecule has 0 rings (SSSR count). The Kier molecular flexibility index (Phi) is 5.54. The minimum Gasteiger partial charge on any atom is -0.102 e. The summed E-state index contributed by atoms with van der Waals surface area (Å²) in [7, 11) is 0. The van der Waals surface area contributed by atoms with E-state index in [1.807, 2.05) is 6.08 Å². The summed E-state index contributed by atoms with van der Waals surface area (Å²) in [5.74, 6) is 0.501. The third-order valence-electron chi connectivity index (χ3n) is 1.47. The molecule has 0 aromatic carbocycles. The van der Waals surface area contributed by atoms with Gasteiger partial charge in [0.05, 0.1) is 0 Å². The lowest BCUT2D eigenvalue weighted by atomic mass is 10.1. The molecule has 0 nitrogen and oxygen atoms in total. The van der Waals surface area contributed by atoms with Gasteiger partial charge < -0.3 is 0 Å². The van der Waals surface area contributed by atoms with Gasteiger partial charge in [-0.2, -0.15) is 0 Å². The van der Waals surface area contributed by atoms with Gasteiger partial charge >= 0.3 is 0 Å². The van der Waals surface area contributed by atoms with Crippen LogP contribution in [0.4, 0.5) is 0 Å². The highest BCUT2D eigenvalue weighted by atomic mass is 13.9. The number of allylic oxidation sites excluding steroid dienone is 5. The summed E-state index contributed by atoms with van der Waals surface area (Å²) in [4.78, 5) is 0. The molecule has 0 saturated heterocycles. The third-order valence-corrected chi connectivity index (χ3v) is 1.47. The highest BCUT2D eigenvalue weighted by Gasteiger charge is 1.84. The predicted octanol–water partition coefficient (Wildman–Crippen LogP) is 3.72. The lowest BCUT2D eigenvalue weighted by Crippen LogP contribution is -1.78. The van der Waals surface area contributed by atoms with Crippen molar-refractivity contribution >= 4 is 0 Å². The van der Waals surface area contributed by atoms with Crippen LogP contribution in [-0.4, -0.2) is 0 Å². The van der Waals surface area contributed by atoms with Gasteiger partial charge in [-0.05, 0) is 26.2 Å². The predicted molar refractivity (Wildman–Crippen MR) is 52.5 cm³/mol. The maximum atomic E-state index is 3.71. The third kappa shape index (κ3) is 7.11. The SMILES string of the molecule is C=CC(C)/C=C/CC=C(C)C. The second kappa shape index (κ2) is 5.96. The van der Waals surface area contributed by atoms with Gasteiger partial charge in [0, 0.05) is 0 Å². The van der Waals surface area contributed by atoms with E-state index in [0.717, 1.165) is 6.42 Å². The van der Waals surface area contributed by atoms with Crippen molar-refractivity contribution in [2.75, 3.05) is 0 Å². The van der Waals surface area contributed by atoms with Crippen LogP contribution >= 0.6 is 0 Å². The molecule has 0 N–H and O–H groups in total. The van der Waals surface area contributed by atoms with Crippen molar-refractivity contribution in [1.29, 1.82) is 0 Å². The molecule has 0 heteroatoms. The molecule has 1 atom stereocenters. The summed E-state index contributed by atoms with van der Waals surface area (Å²) in [6.07, 6.45) is 9.55. The summed E-state index contributed by atoms with van der Waals surface area (Å²) < 4.78 is 0.